The van der Waals surface area contributed by atoms with Gasteiger partial charge in [-0.15, -0.1) is 0 Å². The van der Waals surface area contributed by atoms with E-state index in [0.717, 1.165) is 36.2 Å². The summed E-state index contributed by atoms with van der Waals surface area (Å²) in [7, 11) is 0. The molecule has 1 N–H and O–H groups in total. The van der Waals surface area contributed by atoms with Gasteiger partial charge in [-0.3, -0.25) is 0 Å². The summed E-state index contributed by atoms with van der Waals surface area (Å²) in [6, 6.07) is 11.6. The average molecular weight is 608 g/mol. The molecule has 0 amide bonds. The van der Waals surface area contributed by atoms with E-state index in [2.05, 4.69) is 27.1 Å². The number of aromatic nitrogens is 2. The Labute approximate surface area is 247 Å². The van der Waals surface area contributed by atoms with E-state index in [9.17, 15) is 26.3 Å². The van der Waals surface area contributed by atoms with E-state index in [1.54, 1.807) is 17.3 Å². The number of morpholine rings is 1. The summed E-state index contributed by atoms with van der Waals surface area (Å²) < 4.78 is 87.6. The van der Waals surface area contributed by atoms with Gasteiger partial charge in [-0.05, 0) is 55.0 Å². The van der Waals surface area contributed by atoms with Crippen molar-refractivity contribution in [2.24, 2.45) is 0 Å². The second-order valence-corrected chi connectivity index (χ2v) is 11.2. The molecule has 0 radical (unpaired) electrons. The number of hydrogen-bond donors (Lipinski definition) is 1. The number of nitrogens with one attached hydrogen (secondary N) is 1. The van der Waals surface area contributed by atoms with E-state index in [4.69, 9.17) is 4.74 Å². The number of ether oxygens (including phenoxy) is 1. The Balaban J connectivity index is 1.50. The summed E-state index contributed by atoms with van der Waals surface area (Å²) in [5, 5.41) is 3.68. The first kappa shape index (κ1) is 31.1. The van der Waals surface area contributed by atoms with E-state index in [-0.39, 0.29) is 42.2 Å². The van der Waals surface area contributed by atoms with Crippen molar-refractivity contribution < 1.29 is 31.1 Å². The summed E-state index contributed by atoms with van der Waals surface area (Å²) in [6.07, 6.45) is -3.73. The van der Waals surface area contributed by atoms with Gasteiger partial charge in [-0.1, -0.05) is 37.3 Å². The molecular weight excluding hydrogens is 572 g/mol. The van der Waals surface area contributed by atoms with Crippen LogP contribution in [0.3, 0.4) is 0 Å². The number of benzene rings is 2. The highest BCUT2D eigenvalue weighted by Gasteiger charge is 2.38. The Hall–Kier alpha value is -3.38. The molecule has 2 aliphatic rings. The minimum Gasteiger partial charge on any atom is -0.378 e. The Morgan fingerprint density at radius 1 is 0.860 bits per heavy atom. The van der Waals surface area contributed by atoms with Gasteiger partial charge in [0.15, 0.2) is 0 Å². The Bertz CT molecular complexity index is 1300. The van der Waals surface area contributed by atoms with Crippen LogP contribution < -0.4 is 15.1 Å². The van der Waals surface area contributed by atoms with Gasteiger partial charge in [0.25, 0.3) is 0 Å². The third kappa shape index (κ3) is 7.97. The maximum absolute atomic E-state index is 13.7. The first-order chi connectivity index (χ1) is 20.5. The molecule has 2 aromatic carbocycles. The molecule has 3 aromatic rings. The fourth-order valence-corrected chi connectivity index (χ4v) is 5.92. The number of piperidine rings is 1. The molecule has 43 heavy (non-hydrogen) atoms. The van der Waals surface area contributed by atoms with Crippen molar-refractivity contribution in [3.63, 3.8) is 0 Å². The Kier molecular flexibility index (Phi) is 9.45. The molecule has 0 spiro atoms. The molecule has 12 heteroatoms. The van der Waals surface area contributed by atoms with Crippen molar-refractivity contribution >= 4 is 11.6 Å². The maximum atomic E-state index is 13.7. The van der Waals surface area contributed by atoms with Crippen molar-refractivity contribution in [1.82, 2.24) is 15.3 Å². The standard InChI is InChI=1S/C31H35F6N5O/c1-2-25-16-27(17-26(40-25)14-21-6-4-3-5-7-21)42(29-38-18-28(19-39-29)41-8-10-43-11-9-41)20-22-12-23(30(32,33)34)15-24(13-22)31(35,36)37/h3-7,12-13,15,18-19,25-27,40H,2,8-11,14,16-17,20H2,1H3. The second-order valence-electron chi connectivity index (χ2n) is 11.2. The van der Waals surface area contributed by atoms with Crippen LogP contribution in [-0.4, -0.2) is 54.4 Å². The second kappa shape index (κ2) is 13.1. The molecule has 232 valence electrons. The van der Waals surface area contributed by atoms with Crippen LogP contribution in [0.5, 0.6) is 0 Å². The minimum atomic E-state index is -4.93. The first-order valence-electron chi connectivity index (χ1n) is 14.5. The van der Waals surface area contributed by atoms with Crippen LogP contribution in [0.4, 0.5) is 38.0 Å². The molecule has 6 nitrogen and oxygen atoms in total. The molecule has 2 aliphatic heterocycles. The number of rotatable bonds is 8. The smallest absolute Gasteiger partial charge is 0.378 e. The van der Waals surface area contributed by atoms with Gasteiger partial charge >= 0.3 is 12.4 Å². The first-order valence-corrected chi connectivity index (χ1v) is 14.5. The van der Waals surface area contributed by atoms with Gasteiger partial charge in [0.2, 0.25) is 5.95 Å². The van der Waals surface area contributed by atoms with E-state index in [0.29, 0.717) is 39.1 Å². The van der Waals surface area contributed by atoms with Gasteiger partial charge in [0, 0.05) is 37.8 Å². The monoisotopic (exact) mass is 607 g/mol. The van der Waals surface area contributed by atoms with Crippen molar-refractivity contribution in [1.29, 1.82) is 0 Å². The Morgan fingerprint density at radius 2 is 1.47 bits per heavy atom. The average Bonchev–Trinajstić information content (AvgIpc) is 3.00. The predicted molar refractivity (Wildman–Crippen MR) is 152 cm³/mol. The lowest BCUT2D eigenvalue weighted by Crippen LogP contribution is -2.53. The Morgan fingerprint density at radius 3 is 2.05 bits per heavy atom. The number of nitrogens with zero attached hydrogens (tertiary/aromatic N) is 4. The fraction of sp³-hybridized carbons (Fsp3) is 0.484. The van der Waals surface area contributed by atoms with Crippen molar-refractivity contribution in [3.8, 4) is 0 Å². The molecule has 3 atom stereocenters. The highest BCUT2D eigenvalue weighted by molar-refractivity contribution is 5.47. The molecule has 2 fully saturated rings. The van der Waals surface area contributed by atoms with Crippen LogP contribution in [0, 0.1) is 0 Å². The molecular formula is C31H35F6N5O. The third-order valence-corrected chi connectivity index (χ3v) is 8.10. The summed E-state index contributed by atoms with van der Waals surface area (Å²) >= 11 is 0. The molecule has 5 rings (SSSR count). The SMILES string of the molecule is CCC1CC(N(Cc2cc(C(F)(F)F)cc(C(F)(F)F)c2)c2ncc(N3CCOCC3)cn2)CC(Cc2ccccc2)N1. The van der Waals surface area contributed by atoms with Crippen LogP contribution >= 0.6 is 0 Å². The van der Waals surface area contributed by atoms with Crippen LogP contribution in [0.2, 0.25) is 0 Å². The molecule has 2 saturated heterocycles. The van der Waals surface area contributed by atoms with E-state index in [1.807, 2.05) is 30.3 Å². The van der Waals surface area contributed by atoms with Gasteiger partial charge in [-0.25, -0.2) is 9.97 Å². The quantitative estimate of drug-likeness (QED) is 0.295. The van der Waals surface area contributed by atoms with Gasteiger partial charge < -0.3 is 19.9 Å². The number of hydrogen-bond acceptors (Lipinski definition) is 6. The van der Waals surface area contributed by atoms with Crippen LogP contribution in [0.15, 0.2) is 60.9 Å². The van der Waals surface area contributed by atoms with Gasteiger partial charge in [0.1, 0.15) is 0 Å². The largest absolute Gasteiger partial charge is 0.416 e. The summed E-state index contributed by atoms with van der Waals surface area (Å²) in [5.41, 5.74) is -0.849. The van der Waals surface area contributed by atoms with Crippen molar-refractivity contribution in [2.45, 2.75) is 69.6 Å². The topological polar surface area (TPSA) is 53.5 Å². The summed E-state index contributed by atoms with van der Waals surface area (Å²) in [5.74, 6) is 0.267. The highest BCUT2D eigenvalue weighted by atomic mass is 19.4. The zero-order chi connectivity index (χ0) is 30.6. The number of halogens is 6. The number of alkyl halides is 6. The lowest BCUT2D eigenvalue weighted by atomic mass is 9.88. The molecule has 0 bridgehead atoms. The van der Waals surface area contributed by atoms with Crippen LogP contribution in [-0.2, 0) is 30.1 Å². The number of anilines is 2. The zero-order valence-corrected chi connectivity index (χ0v) is 23.8. The maximum Gasteiger partial charge on any atom is 0.416 e. The van der Waals surface area contributed by atoms with Crippen molar-refractivity contribution in [3.05, 3.63) is 83.2 Å². The summed E-state index contributed by atoms with van der Waals surface area (Å²) in [4.78, 5) is 13.0. The molecule has 3 heterocycles. The zero-order valence-electron chi connectivity index (χ0n) is 23.8. The molecule has 0 saturated carbocycles. The van der Waals surface area contributed by atoms with Crippen LogP contribution in [0.25, 0.3) is 0 Å². The van der Waals surface area contributed by atoms with Gasteiger partial charge in [-0.2, -0.15) is 26.3 Å². The lowest BCUT2D eigenvalue weighted by molar-refractivity contribution is -0.143. The lowest BCUT2D eigenvalue weighted by Gasteiger charge is -2.42. The third-order valence-electron chi connectivity index (χ3n) is 8.10. The van der Waals surface area contributed by atoms with E-state index in [1.165, 1.54) is 0 Å². The normalized spacial score (nSPS) is 21.6. The van der Waals surface area contributed by atoms with Gasteiger partial charge in [0.05, 0.1) is 42.4 Å². The van der Waals surface area contributed by atoms with Crippen LogP contribution in [0.1, 0.15) is 48.4 Å². The molecule has 3 unspecified atom stereocenters. The van der Waals surface area contributed by atoms with Crippen molar-refractivity contribution in [2.75, 3.05) is 36.1 Å². The fourth-order valence-electron chi connectivity index (χ4n) is 5.92. The molecule has 0 aliphatic carbocycles. The molecule has 1 aromatic heterocycles. The van der Waals surface area contributed by atoms with E-state index >= 15 is 0 Å². The minimum absolute atomic E-state index is 0.0495. The predicted octanol–water partition coefficient (Wildman–Crippen LogP) is 6.50. The highest BCUT2D eigenvalue weighted by Crippen LogP contribution is 2.37. The summed E-state index contributed by atoms with van der Waals surface area (Å²) in [6.45, 7) is 4.33. The van der Waals surface area contributed by atoms with E-state index < -0.39 is 23.5 Å².